The number of thioether (sulfide) groups is 1. The van der Waals surface area contributed by atoms with Gasteiger partial charge < -0.3 is 9.47 Å². The van der Waals surface area contributed by atoms with Gasteiger partial charge in [0.2, 0.25) is 0 Å². The minimum atomic E-state index is -0.406. The van der Waals surface area contributed by atoms with E-state index in [0.717, 1.165) is 0 Å². The van der Waals surface area contributed by atoms with Crippen LogP contribution in [0.15, 0.2) is 12.2 Å². The molecule has 5 heteroatoms. The van der Waals surface area contributed by atoms with Crippen LogP contribution in [0.3, 0.4) is 0 Å². The monoisotopic (exact) mass is 232 g/mol. The molecule has 0 aliphatic rings. The molecule has 0 saturated carbocycles. The summed E-state index contributed by atoms with van der Waals surface area (Å²) < 4.78 is 9.93. The summed E-state index contributed by atoms with van der Waals surface area (Å²) in [5.74, 6) is 0.223. The highest BCUT2D eigenvalue weighted by Crippen LogP contribution is 1.99. The minimum absolute atomic E-state index is 0.0762. The molecule has 0 radical (unpaired) electrons. The Morgan fingerprint density at radius 2 is 1.87 bits per heavy atom. The van der Waals surface area contributed by atoms with Crippen LogP contribution in [0.5, 0.6) is 0 Å². The van der Waals surface area contributed by atoms with Crippen LogP contribution in [-0.2, 0) is 19.1 Å². The standard InChI is InChI=1S/C10H16O4S/c1-8(2)10(12)14-5-4-13-6-7-15-9(3)11/h1,4-7H2,2-3H3. The summed E-state index contributed by atoms with van der Waals surface area (Å²) in [4.78, 5) is 21.4. The van der Waals surface area contributed by atoms with E-state index in [-0.39, 0.29) is 11.7 Å². The first-order valence-corrected chi connectivity index (χ1v) is 5.56. The average molecular weight is 232 g/mol. The fourth-order valence-corrected chi connectivity index (χ4v) is 1.15. The maximum Gasteiger partial charge on any atom is 0.333 e. The third kappa shape index (κ3) is 9.49. The van der Waals surface area contributed by atoms with E-state index in [1.807, 2.05) is 0 Å². The summed E-state index contributed by atoms with van der Waals surface area (Å²) in [6.45, 7) is 7.59. The largest absolute Gasteiger partial charge is 0.460 e. The predicted octanol–water partition coefficient (Wildman–Crippen LogP) is 1.40. The van der Waals surface area contributed by atoms with Gasteiger partial charge in [-0.1, -0.05) is 18.3 Å². The second kappa shape index (κ2) is 8.49. The van der Waals surface area contributed by atoms with E-state index >= 15 is 0 Å². The van der Waals surface area contributed by atoms with Crippen molar-refractivity contribution in [3.63, 3.8) is 0 Å². The van der Waals surface area contributed by atoms with Crippen molar-refractivity contribution in [3.05, 3.63) is 12.2 Å². The van der Waals surface area contributed by atoms with Crippen LogP contribution in [0.4, 0.5) is 0 Å². The van der Waals surface area contributed by atoms with Crippen LogP contribution in [0.2, 0.25) is 0 Å². The van der Waals surface area contributed by atoms with Crippen LogP contribution >= 0.6 is 11.8 Å². The molecule has 4 nitrogen and oxygen atoms in total. The molecule has 0 rings (SSSR count). The first-order chi connectivity index (χ1) is 7.04. The van der Waals surface area contributed by atoms with E-state index in [9.17, 15) is 9.59 Å². The minimum Gasteiger partial charge on any atom is -0.460 e. The Hall–Kier alpha value is -0.810. The van der Waals surface area contributed by atoms with Gasteiger partial charge in [-0.3, -0.25) is 4.79 Å². The van der Waals surface area contributed by atoms with Crippen LogP contribution < -0.4 is 0 Å². The van der Waals surface area contributed by atoms with Crippen molar-refractivity contribution in [2.75, 3.05) is 25.6 Å². The van der Waals surface area contributed by atoms with Gasteiger partial charge in [-0.15, -0.1) is 0 Å². The van der Waals surface area contributed by atoms with Crippen molar-refractivity contribution in [1.29, 1.82) is 0 Å². The van der Waals surface area contributed by atoms with Crippen LogP contribution in [0.25, 0.3) is 0 Å². The number of hydrogen-bond acceptors (Lipinski definition) is 5. The van der Waals surface area contributed by atoms with E-state index < -0.39 is 5.97 Å². The summed E-state index contributed by atoms with van der Waals surface area (Å²) in [5.41, 5.74) is 0.377. The number of rotatable bonds is 7. The molecule has 0 aromatic heterocycles. The van der Waals surface area contributed by atoms with Gasteiger partial charge in [0.05, 0.1) is 13.2 Å². The van der Waals surface area contributed by atoms with Gasteiger partial charge in [0.25, 0.3) is 0 Å². The second-order valence-electron chi connectivity index (χ2n) is 2.87. The van der Waals surface area contributed by atoms with Gasteiger partial charge >= 0.3 is 5.97 Å². The van der Waals surface area contributed by atoms with Crippen molar-refractivity contribution in [2.24, 2.45) is 0 Å². The number of ether oxygens (including phenoxy) is 2. The Morgan fingerprint density at radius 3 is 2.40 bits per heavy atom. The van der Waals surface area contributed by atoms with E-state index in [2.05, 4.69) is 6.58 Å². The van der Waals surface area contributed by atoms with Crippen molar-refractivity contribution in [1.82, 2.24) is 0 Å². The number of esters is 1. The van der Waals surface area contributed by atoms with Gasteiger partial charge in [-0.2, -0.15) is 0 Å². The lowest BCUT2D eigenvalue weighted by Gasteiger charge is -2.04. The molecule has 0 bridgehead atoms. The topological polar surface area (TPSA) is 52.6 Å². The lowest BCUT2D eigenvalue weighted by molar-refractivity contribution is -0.140. The molecule has 0 heterocycles. The zero-order valence-corrected chi connectivity index (χ0v) is 9.89. The van der Waals surface area contributed by atoms with E-state index in [4.69, 9.17) is 9.47 Å². The van der Waals surface area contributed by atoms with Gasteiger partial charge in [-0.25, -0.2) is 4.79 Å². The molecule has 0 aromatic rings. The lowest BCUT2D eigenvalue weighted by atomic mass is 10.4. The average Bonchev–Trinajstić information content (AvgIpc) is 2.15. The van der Waals surface area contributed by atoms with Crippen molar-refractivity contribution in [2.45, 2.75) is 13.8 Å². The Morgan fingerprint density at radius 1 is 1.20 bits per heavy atom. The first-order valence-electron chi connectivity index (χ1n) is 4.57. The lowest BCUT2D eigenvalue weighted by Crippen LogP contribution is -2.12. The summed E-state index contributed by atoms with van der Waals surface area (Å²) in [5, 5.41) is 0.0762. The van der Waals surface area contributed by atoms with Gasteiger partial charge in [0.1, 0.15) is 6.61 Å². The Kier molecular flexibility index (Phi) is 8.04. The van der Waals surface area contributed by atoms with Gasteiger partial charge in [0, 0.05) is 18.2 Å². The molecule has 86 valence electrons. The molecule has 15 heavy (non-hydrogen) atoms. The summed E-state index contributed by atoms with van der Waals surface area (Å²) in [7, 11) is 0. The summed E-state index contributed by atoms with van der Waals surface area (Å²) in [6, 6.07) is 0. The van der Waals surface area contributed by atoms with Crippen LogP contribution in [0.1, 0.15) is 13.8 Å². The van der Waals surface area contributed by atoms with Gasteiger partial charge in [-0.05, 0) is 6.92 Å². The van der Waals surface area contributed by atoms with Crippen LogP contribution in [0, 0.1) is 0 Å². The van der Waals surface area contributed by atoms with Gasteiger partial charge in [0.15, 0.2) is 5.12 Å². The molecule has 0 saturated heterocycles. The maximum atomic E-state index is 10.9. The van der Waals surface area contributed by atoms with Crippen molar-refractivity contribution >= 4 is 22.8 Å². The third-order valence-corrected chi connectivity index (χ3v) is 2.12. The smallest absolute Gasteiger partial charge is 0.333 e. The Bertz CT molecular complexity index is 238. The Balaban J connectivity index is 3.22. The molecule has 0 fully saturated rings. The molecule has 0 amide bonds. The molecular weight excluding hydrogens is 216 g/mol. The molecule has 0 aromatic carbocycles. The molecule has 0 aliphatic carbocycles. The zero-order valence-electron chi connectivity index (χ0n) is 9.08. The highest BCUT2D eigenvalue weighted by molar-refractivity contribution is 8.13. The SMILES string of the molecule is C=C(C)C(=O)OCCOCCSC(C)=O. The van der Waals surface area contributed by atoms with E-state index in [1.165, 1.54) is 18.7 Å². The van der Waals surface area contributed by atoms with Crippen molar-refractivity contribution < 1.29 is 19.1 Å². The predicted molar refractivity (Wildman–Crippen MR) is 59.7 cm³/mol. The number of carbonyl (C=O) groups excluding carboxylic acids is 2. The third-order valence-electron chi connectivity index (χ3n) is 1.34. The Labute approximate surface area is 94.0 Å². The molecule has 0 atom stereocenters. The summed E-state index contributed by atoms with van der Waals surface area (Å²) in [6.07, 6.45) is 0. The summed E-state index contributed by atoms with van der Waals surface area (Å²) >= 11 is 1.21. The normalized spacial score (nSPS) is 9.73. The molecule has 0 aliphatic heterocycles. The highest BCUT2D eigenvalue weighted by Gasteiger charge is 2.01. The zero-order chi connectivity index (χ0) is 11.7. The molecule has 0 spiro atoms. The van der Waals surface area contributed by atoms with Crippen molar-refractivity contribution in [3.8, 4) is 0 Å². The molecular formula is C10H16O4S. The number of carbonyl (C=O) groups is 2. The first kappa shape index (κ1) is 14.2. The molecule has 0 N–H and O–H groups in total. The van der Waals surface area contributed by atoms with Crippen LogP contribution in [-0.4, -0.2) is 36.7 Å². The fourth-order valence-electron chi connectivity index (χ4n) is 0.663. The quantitative estimate of drug-likeness (QED) is 0.377. The maximum absolute atomic E-state index is 10.9. The van der Waals surface area contributed by atoms with E-state index in [1.54, 1.807) is 6.92 Å². The highest BCUT2D eigenvalue weighted by atomic mass is 32.2. The van der Waals surface area contributed by atoms with E-state index in [0.29, 0.717) is 24.5 Å². The number of hydrogen-bond donors (Lipinski definition) is 0. The fraction of sp³-hybridized carbons (Fsp3) is 0.600. The molecule has 0 unspecified atom stereocenters. The second-order valence-corrected chi connectivity index (χ2v) is 4.14.